The van der Waals surface area contributed by atoms with E-state index in [-0.39, 0.29) is 11.4 Å². The highest BCUT2D eigenvalue weighted by atomic mass is 16.5. The van der Waals surface area contributed by atoms with Crippen molar-refractivity contribution >= 4 is 5.69 Å². The van der Waals surface area contributed by atoms with Crippen LogP contribution >= 0.6 is 0 Å². The molecule has 0 amide bonds. The van der Waals surface area contributed by atoms with Crippen molar-refractivity contribution in [1.29, 1.82) is 5.39 Å². The maximum absolute atomic E-state index is 9.51. The number of methoxy groups -OCH3 is 3. The van der Waals surface area contributed by atoms with Crippen LogP contribution in [0.15, 0.2) is 30.3 Å². The first-order chi connectivity index (χ1) is 11.1. The summed E-state index contributed by atoms with van der Waals surface area (Å²) < 4.78 is 16.0. The minimum Gasteiger partial charge on any atom is -0.501 e. The van der Waals surface area contributed by atoms with Gasteiger partial charge in [-0.1, -0.05) is 6.07 Å². The van der Waals surface area contributed by atoms with Gasteiger partial charge in [-0.2, -0.15) is 0 Å². The van der Waals surface area contributed by atoms with Crippen molar-refractivity contribution in [3.63, 3.8) is 0 Å². The molecule has 23 heavy (non-hydrogen) atoms. The van der Waals surface area contributed by atoms with Crippen LogP contribution in [0.5, 0.6) is 23.0 Å². The first-order valence-corrected chi connectivity index (χ1v) is 7.08. The lowest BCUT2D eigenvalue weighted by atomic mass is 10.0. The average Bonchev–Trinajstić information content (AvgIpc) is 2.59. The molecule has 0 aromatic heterocycles. The van der Waals surface area contributed by atoms with Gasteiger partial charge in [0.05, 0.1) is 21.3 Å². The third-order valence-electron chi connectivity index (χ3n) is 3.57. The zero-order valence-electron chi connectivity index (χ0n) is 13.4. The molecule has 0 aliphatic heterocycles. The molecule has 0 saturated carbocycles. The van der Waals surface area contributed by atoms with Gasteiger partial charge in [-0.05, 0) is 42.2 Å². The minimum atomic E-state index is -0.0518. The predicted octanol–water partition coefficient (Wildman–Crippen LogP) is 3.69. The second kappa shape index (κ2) is 7.36. The summed E-state index contributed by atoms with van der Waals surface area (Å²) in [6.45, 7) is 0. The fraction of sp³-hybridized carbons (Fsp3) is 0.294. The normalized spacial score (nSPS) is 10.0. The van der Waals surface area contributed by atoms with Gasteiger partial charge in [-0.25, -0.2) is 0 Å². The number of aryl methyl sites for hydroxylation is 2. The monoisotopic (exact) mass is 315 g/mol. The Labute approximate surface area is 134 Å². The molecule has 0 bridgehead atoms. The van der Waals surface area contributed by atoms with E-state index in [1.807, 2.05) is 12.1 Å². The summed E-state index contributed by atoms with van der Waals surface area (Å²) in [6, 6.07) is 8.76. The molecule has 0 atom stereocenters. The van der Waals surface area contributed by atoms with Crippen molar-refractivity contribution in [2.75, 3.05) is 21.3 Å². The summed E-state index contributed by atoms with van der Waals surface area (Å²) in [7, 11) is 4.72. The number of hydrogen-bond acceptors (Lipinski definition) is 5. The standard InChI is InChI=1S/C17H18N2O4/c1-21-15-9-12(10-16(22-2)17(15)23-3)5-4-11-6-7-14(20)13(8-11)19-18/h6-10H,4-5H2,1-3H3/p+1. The molecule has 2 aromatic carbocycles. The second-order valence-corrected chi connectivity index (χ2v) is 4.96. The minimum absolute atomic E-state index is 0.0518. The molecule has 0 spiro atoms. The molecular weight excluding hydrogens is 296 g/mol. The van der Waals surface area contributed by atoms with Crippen molar-refractivity contribution in [3.8, 4) is 23.0 Å². The van der Waals surface area contributed by atoms with Crippen molar-refractivity contribution in [2.45, 2.75) is 12.8 Å². The number of hydrogen-bond donors (Lipinski definition) is 1. The maximum atomic E-state index is 9.51. The molecule has 120 valence electrons. The van der Waals surface area contributed by atoms with Crippen LogP contribution in [0.1, 0.15) is 11.1 Å². The molecule has 0 aliphatic rings. The van der Waals surface area contributed by atoms with Gasteiger partial charge in [-0.3, -0.25) is 0 Å². The fourth-order valence-corrected chi connectivity index (χ4v) is 2.37. The zero-order valence-corrected chi connectivity index (χ0v) is 13.4. The molecule has 6 heteroatoms. The molecular formula is C17H19N2O4+. The molecule has 6 nitrogen and oxygen atoms in total. The van der Waals surface area contributed by atoms with E-state index in [9.17, 15) is 5.11 Å². The first kappa shape index (κ1) is 16.4. The van der Waals surface area contributed by atoms with Gasteiger partial charge in [-0.15, -0.1) is 0 Å². The van der Waals surface area contributed by atoms with Crippen LogP contribution in [-0.2, 0) is 12.8 Å². The lowest BCUT2D eigenvalue weighted by Crippen LogP contribution is -1.98. The highest BCUT2D eigenvalue weighted by Crippen LogP contribution is 2.38. The van der Waals surface area contributed by atoms with Gasteiger partial charge in [0, 0.05) is 6.07 Å². The Morgan fingerprint density at radius 1 is 0.913 bits per heavy atom. The van der Waals surface area contributed by atoms with E-state index in [0.717, 1.165) is 17.5 Å². The summed E-state index contributed by atoms with van der Waals surface area (Å²) in [4.78, 5) is 3.06. The molecule has 0 aliphatic carbocycles. The SMILES string of the molecule is COc1cc(CCc2ccc(O)c([N+]#N)c2)cc(OC)c1OC. The summed E-state index contributed by atoms with van der Waals surface area (Å²) in [5.74, 6) is 1.73. The molecule has 0 saturated heterocycles. The third kappa shape index (κ3) is 3.64. The Hall–Kier alpha value is -2.94. The van der Waals surface area contributed by atoms with Gasteiger partial charge in [0.15, 0.2) is 16.5 Å². The Morgan fingerprint density at radius 3 is 2.04 bits per heavy atom. The van der Waals surface area contributed by atoms with Gasteiger partial charge in [0.1, 0.15) is 0 Å². The Bertz CT molecular complexity index is 713. The van der Waals surface area contributed by atoms with Crippen LogP contribution in [-0.4, -0.2) is 26.4 Å². The molecule has 0 unspecified atom stereocenters. The number of rotatable bonds is 6. The van der Waals surface area contributed by atoms with E-state index >= 15 is 0 Å². The highest BCUT2D eigenvalue weighted by Gasteiger charge is 2.15. The topological polar surface area (TPSA) is 76.1 Å². The number of diazo groups is 1. The van der Waals surface area contributed by atoms with Crippen molar-refractivity contribution in [2.24, 2.45) is 0 Å². The number of nitrogens with zero attached hydrogens (tertiary/aromatic N) is 2. The number of phenolic OH excluding ortho intramolecular Hbond substituents is 1. The van der Waals surface area contributed by atoms with Crippen LogP contribution in [0.4, 0.5) is 5.69 Å². The Balaban J connectivity index is 2.22. The average molecular weight is 315 g/mol. The van der Waals surface area contributed by atoms with E-state index in [1.54, 1.807) is 33.5 Å². The summed E-state index contributed by atoms with van der Waals surface area (Å²) in [5, 5.41) is 18.4. The zero-order chi connectivity index (χ0) is 16.8. The molecule has 2 rings (SSSR count). The Kier molecular flexibility index (Phi) is 5.26. The van der Waals surface area contributed by atoms with E-state index in [2.05, 4.69) is 4.98 Å². The fourth-order valence-electron chi connectivity index (χ4n) is 2.37. The smallest absolute Gasteiger partial charge is 0.426 e. The predicted molar refractivity (Wildman–Crippen MR) is 86.4 cm³/mol. The largest absolute Gasteiger partial charge is 0.501 e. The molecule has 1 N–H and O–H groups in total. The van der Waals surface area contributed by atoms with Crippen LogP contribution in [0, 0.1) is 5.39 Å². The third-order valence-corrected chi connectivity index (χ3v) is 3.57. The number of ether oxygens (including phenoxy) is 3. The summed E-state index contributed by atoms with van der Waals surface area (Å²) in [6.07, 6.45) is 1.44. The van der Waals surface area contributed by atoms with Crippen molar-refractivity contribution < 1.29 is 19.3 Å². The number of benzene rings is 2. The number of aromatic hydroxyl groups is 1. The van der Waals surface area contributed by atoms with Gasteiger partial charge < -0.3 is 19.3 Å². The van der Waals surface area contributed by atoms with E-state index in [4.69, 9.17) is 19.6 Å². The molecule has 0 fully saturated rings. The summed E-state index contributed by atoms with van der Waals surface area (Å²) in [5.41, 5.74) is 2.13. The summed E-state index contributed by atoms with van der Waals surface area (Å²) >= 11 is 0. The lowest BCUT2D eigenvalue weighted by Gasteiger charge is -2.14. The van der Waals surface area contributed by atoms with Crippen LogP contribution < -0.4 is 14.2 Å². The van der Waals surface area contributed by atoms with Crippen molar-refractivity contribution in [3.05, 3.63) is 46.4 Å². The second-order valence-electron chi connectivity index (χ2n) is 4.96. The molecule has 0 radical (unpaired) electrons. The van der Waals surface area contributed by atoms with E-state index < -0.39 is 0 Å². The van der Waals surface area contributed by atoms with Crippen molar-refractivity contribution in [1.82, 2.24) is 0 Å². The van der Waals surface area contributed by atoms with Gasteiger partial charge >= 0.3 is 5.69 Å². The lowest BCUT2D eigenvalue weighted by molar-refractivity contribution is 0.324. The first-order valence-electron chi connectivity index (χ1n) is 7.08. The quantitative estimate of drug-likeness (QED) is 0.823. The molecule has 0 heterocycles. The highest BCUT2D eigenvalue weighted by molar-refractivity contribution is 5.58. The van der Waals surface area contributed by atoms with E-state index in [1.165, 1.54) is 6.07 Å². The van der Waals surface area contributed by atoms with Gasteiger partial charge in [0.25, 0.3) is 0 Å². The molecule has 2 aromatic rings. The Morgan fingerprint density at radius 2 is 1.52 bits per heavy atom. The number of phenols is 1. The van der Waals surface area contributed by atoms with Crippen LogP contribution in [0.2, 0.25) is 0 Å². The maximum Gasteiger partial charge on any atom is 0.426 e. The van der Waals surface area contributed by atoms with E-state index in [0.29, 0.717) is 23.7 Å². The van der Waals surface area contributed by atoms with Crippen LogP contribution in [0.25, 0.3) is 4.98 Å². The van der Waals surface area contributed by atoms with Crippen LogP contribution in [0.3, 0.4) is 0 Å². The van der Waals surface area contributed by atoms with Gasteiger partial charge in [0.2, 0.25) is 16.9 Å².